The lowest BCUT2D eigenvalue weighted by Crippen LogP contribution is -2.38. The first-order valence-corrected chi connectivity index (χ1v) is 12.1. The van der Waals surface area contributed by atoms with Gasteiger partial charge in [-0.2, -0.15) is 0 Å². The summed E-state index contributed by atoms with van der Waals surface area (Å²) in [5, 5.41) is 1.88. The Morgan fingerprint density at radius 1 is 0.886 bits per heavy atom. The Kier molecular flexibility index (Phi) is 6.42. The number of carbonyl (C=O) groups is 4. The average molecular weight is 517 g/mol. The number of ether oxygens (including phenoxy) is 2. The number of nitrogens with one attached hydrogen (secondary N) is 1. The third-order valence-corrected chi connectivity index (χ3v) is 8.17. The normalized spacial score (nSPS) is 28.7. The highest BCUT2D eigenvalue weighted by Gasteiger charge is 2.66. The number of likely N-dealkylation sites (tertiary alicyclic amines) is 1. The second-order valence-corrected chi connectivity index (χ2v) is 9.92. The zero-order valence-electron chi connectivity index (χ0n) is 18.4. The highest BCUT2D eigenvalue weighted by Crippen LogP contribution is 2.59. The predicted molar refractivity (Wildman–Crippen MR) is 127 cm³/mol. The maximum atomic E-state index is 12.8. The first kappa shape index (κ1) is 23.6. The Morgan fingerprint density at radius 2 is 1.46 bits per heavy atom. The van der Waals surface area contributed by atoms with Crippen LogP contribution in [0.2, 0.25) is 0 Å². The molecule has 3 amide bonds. The Labute approximate surface area is 211 Å². The molecule has 6 atom stereocenters. The van der Waals surface area contributed by atoms with Crippen molar-refractivity contribution in [3.05, 3.63) is 54.6 Å². The summed E-state index contributed by atoms with van der Waals surface area (Å²) in [6.07, 6.45) is 0.646. The van der Waals surface area contributed by atoms with Crippen molar-refractivity contribution >= 4 is 52.6 Å². The molecule has 0 radical (unpaired) electrons. The standard InChI is InChI=1S/C25H22Cl2N2O6/c26-22-16-10-17(23(22)27)21-20(16)24(32)29(25(21)33)11-19(31)34-12-18(30)28-13-6-8-15(9-7-13)35-14-4-2-1-3-5-14/h1-9,16-17,20-23H,10-12H2,(H,28,30)/t16-,17-,20-,21+,22+,23+/m1/s1. The predicted octanol–water partition coefficient (Wildman–Crippen LogP) is 3.43. The topological polar surface area (TPSA) is 102 Å². The summed E-state index contributed by atoms with van der Waals surface area (Å²) in [6, 6.07) is 16.0. The number of carbonyl (C=O) groups excluding carboxylic acids is 4. The number of hydrogen-bond donors (Lipinski definition) is 1. The summed E-state index contributed by atoms with van der Waals surface area (Å²) in [7, 11) is 0. The molecule has 1 N–H and O–H groups in total. The Balaban J connectivity index is 1.10. The van der Waals surface area contributed by atoms with E-state index in [0.717, 1.165) is 4.90 Å². The van der Waals surface area contributed by atoms with Crippen molar-refractivity contribution in [2.24, 2.45) is 23.7 Å². The molecule has 1 aliphatic heterocycles. The smallest absolute Gasteiger partial charge is 0.326 e. The number of halogens is 2. The molecule has 182 valence electrons. The van der Waals surface area contributed by atoms with Gasteiger partial charge in [-0.3, -0.25) is 24.1 Å². The number of hydrogen-bond acceptors (Lipinski definition) is 6. The van der Waals surface area contributed by atoms with Crippen LogP contribution in [0, 0.1) is 23.7 Å². The van der Waals surface area contributed by atoms with E-state index in [0.29, 0.717) is 23.6 Å². The molecule has 2 bridgehead atoms. The second kappa shape index (κ2) is 9.51. The van der Waals surface area contributed by atoms with Crippen LogP contribution in [0.3, 0.4) is 0 Å². The zero-order chi connectivity index (χ0) is 24.7. The molecule has 0 aromatic heterocycles. The lowest BCUT2D eigenvalue weighted by molar-refractivity contribution is -0.154. The molecule has 2 aromatic carbocycles. The molecule has 8 nitrogen and oxygen atoms in total. The van der Waals surface area contributed by atoms with Crippen LogP contribution >= 0.6 is 23.2 Å². The minimum Gasteiger partial charge on any atom is -0.457 e. The number of amides is 3. The largest absolute Gasteiger partial charge is 0.457 e. The molecule has 35 heavy (non-hydrogen) atoms. The van der Waals surface area contributed by atoms with Gasteiger partial charge in [-0.25, -0.2) is 0 Å². The van der Waals surface area contributed by atoms with Crippen LogP contribution in [-0.2, 0) is 23.9 Å². The fourth-order valence-corrected chi connectivity index (χ4v) is 6.21. The van der Waals surface area contributed by atoms with Gasteiger partial charge in [0.2, 0.25) is 11.8 Å². The van der Waals surface area contributed by atoms with Crippen molar-refractivity contribution in [1.29, 1.82) is 0 Å². The van der Waals surface area contributed by atoms with E-state index >= 15 is 0 Å². The van der Waals surface area contributed by atoms with Gasteiger partial charge in [0, 0.05) is 5.69 Å². The van der Waals surface area contributed by atoms with Crippen LogP contribution in [0.25, 0.3) is 0 Å². The molecule has 3 aliphatic rings. The first-order chi connectivity index (χ1) is 16.8. The number of imide groups is 1. The van der Waals surface area contributed by atoms with Gasteiger partial charge in [0.25, 0.3) is 5.91 Å². The van der Waals surface area contributed by atoms with Crippen LogP contribution in [0.5, 0.6) is 11.5 Å². The van der Waals surface area contributed by atoms with E-state index in [-0.39, 0.29) is 22.6 Å². The summed E-state index contributed by atoms with van der Waals surface area (Å²) >= 11 is 12.7. The maximum absolute atomic E-state index is 12.8. The van der Waals surface area contributed by atoms with Gasteiger partial charge < -0.3 is 14.8 Å². The van der Waals surface area contributed by atoms with E-state index in [9.17, 15) is 19.2 Å². The molecule has 3 fully saturated rings. The van der Waals surface area contributed by atoms with Gasteiger partial charge in [0.15, 0.2) is 6.61 Å². The van der Waals surface area contributed by atoms with Crippen LogP contribution in [0.4, 0.5) is 5.69 Å². The SMILES string of the molecule is O=C(COC(=O)CN1C(=O)[C@@H]2[C@H]3C[C@@H]([C@H](Cl)[C@H]3Cl)[C@@H]2C1=O)Nc1ccc(Oc2ccccc2)cc1. The summed E-state index contributed by atoms with van der Waals surface area (Å²) in [6.45, 7) is -1.09. The van der Waals surface area contributed by atoms with Gasteiger partial charge in [-0.05, 0) is 54.7 Å². The molecule has 2 saturated carbocycles. The number of anilines is 1. The number of alkyl halides is 2. The molecular weight excluding hydrogens is 495 g/mol. The molecule has 2 aliphatic carbocycles. The van der Waals surface area contributed by atoms with Crippen LogP contribution < -0.4 is 10.1 Å². The van der Waals surface area contributed by atoms with E-state index < -0.39 is 48.7 Å². The van der Waals surface area contributed by atoms with Crippen LogP contribution in [0.1, 0.15) is 6.42 Å². The van der Waals surface area contributed by atoms with Gasteiger partial charge in [-0.1, -0.05) is 18.2 Å². The summed E-state index contributed by atoms with van der Waals surface area (Å²) in [5.41, 5.74) is 0.492. The average Bonchev–Trinajstić information content (AvgIpc) is 3.46. The van der Waals surface area contributed by atoms with E-state index in [1.165, 1.54) is 0 Å². The second-order valence-electron chi connectivity index (χ2n) is 8.91. The summed E-state index contributed by atoms with van der Waals surface area (Å²) in [4.78, 5) is 51.0. The van der Waals surface area contributed by atoms with E-state index in [1.807, 2.05) is 30.3 Å². The van der Waals surface area contributed by atoms with Crippen LogP contribution in [-0.4, -0.2) is 52.5 Å². The highest BCUT2D eigenvalue weighted by molar-refractivity contribution is 6.31. The van der Waals surface area contributed by atoms with Crippen molar-refractivity contribution in [2.75, 3.05) is 18.5 Å². The van der Waals surface area contributed by atoms with Crippen molar-refractivity contribution < 1.29 is 28.7 Å². The lowest BCUT2D eigenvalue weighted by atomic mass is 9.80. The van der Waals surface area contributed by atoms with Gasteiger partial charge in [0.1, 0.15) is 18.0 Å². The number of esters is 1. The maximum Gasteiger partial charge on any atom is 0.326 e. The summed E-state index contributed by atoms with van der Waals surface area (Å²) < 4.78 is 10.7. The van der Waals surface area contributed by atoms with Gasteiger partial charge in [-0.15, -0.1) is 23.2 Å². The number of fused-ring (bicyclic) bond motifs is 5. The Hall–Kier alpha value is -3.10. The number of rotatable bonds is 7. The molecule has 2 aromatic rings. The third-order valence-electron chi connectivity index (χ3n) is 6.85. The molecule has 10 heteroatoms. The molecule has 1 saturated heterocycles. The first-order valence-electron chi connectivity index (χ1n) is 11.3. The van der Waals surface area contributed by atoms with E-state index in [4.69, 9.17) is 32.7 Å². The molecule has 0 unspecified atom stereocenters. The minimum atomic E-state index is -0.842. The summed E-state index contributed by atoms with van der Waals surface area (Å²) in [5.74, 6) is -2.34. The van der Waals surface area contributed by atoms with Crippen molar-refractivity contribution in [3.8, 4) is 11.5 Å². The van der Waals surface area contributed by atoms with Crippen molar-refractivity contribution in [2.45, 2.75) is 17.2 Å². The van der Waals surface area contributed by atoms with Gasteiger partial charge >= 0.3 is 5.97 Å². The Bertz CT molecular complexity index is 1130. The van der Waals surface area contributed by atoms with E-state index in [2.05, 4.69) is 5.32 Å². The third kappa shape index (κ3) is 4.48. The fraction of sp³-hybridized carbons (Fsp3) is 0.360. The molecule has 0 spiro atoms. The minimum absolute atomic E-state index is 0.165. The van der Waals surface area contributed by atoms with Gasteiger partial charge in [0.05, 0.1) is 22.6 Å². The van der Waals surface area contributed by atoms with Crippen molar-refractivity contribution in [1.82, 2.24) is 4.90 Å². The zero-order valence-corrected chi connectivity index (χ0v) is 19.9. The molecular formula is C25H22Cl2N2O6. The monoisotopic (exact) mass is 516 g/mol. The number of para-hydroxylation sites is 1. The lowest BCUT2D eigenvalue weighted by Gasteiger charge is -2.28. The molecule has 5 rings (SSSR count). The van der Waals surface area contributed by atoms with Crippen molar-refractivity contribution in [3.63, 3.8) is 0 Å². The quantitative estimate of drug-likeness (QED) is 0.343. The molecule has 1 heterocycles. The number of nitrogens with zero attached hydrogens (tertiary/aromatic N) is 1. The number of benzene rings is 2. The Morgan fingerprint density at radius 3 is 2.06 bits per heavy atom. The van der Waals surface area contributed by atoms with Crippen LogP contribution in [0.15, 0.2) is 54.6 Å². The fourth-order valence-electron chi connectivity index (χ4n) is 5.32. The highest BCUT2D eigenvalue weighted by atomic mass is 35.5. The van der Waals surface area contributed by atoms with E-state index in [1.54, 1.807) is 24.3 Å².